The molecule has 4 rings (SSSR count). The molecule has 1 aliphatic rings. The Bertz CT molecular complexity index is 1070. The van der Waals surface area contributed by atoms with Gasteiger partial charge < -0.3 is 14.6 Å². The zero-order chi connectivity index (χ0) is 19.7. The molecule has 1 amide bonds. The highest BCUT2D eigenvalue weighted by Crippen LogP contribution is 2.20. The number of amides is 1. The number of nitrogens with one attached hydrogen (secondary N) is 1. The molecular formula is C19H21BN6O2. The molecule has 0 saturated carbocycles. The van der Waals surface area contributed by atoms with Gasteiger partial charge in [-0.1, -0.05) is 6.92 Å². The van der Waals surface area contributed by atoms with Crippen LogP contribution in [0.3, 0.4) is 0 Å². The van der Waals surface area contributed by atoms with Crippen molar-refractivity contribution in [2.24, 2.45) is 5.92 Å². The second kappa shape index (κ2) is 7.50. The summed E-state index contributed by atoms with van der Waals surface area (Å²) in [5.41, 5.74) is 1.43. The van der Waals surface area contributed by atoms with E-state index in [9.17, 15) is 9.59 Å². The van der Waals surface area contributed by atoms with Crippen LogP contribution < -0.4 is 21.4 Å². The number of piperidine rings is 1. The molecule has 1 saturated heterocycles. The highest BCUT2D eigenvalue weighted by atomic mass is 16.2. The summed E-state index contributed by atoms with van der Waals surface area (Å²) >= 11 is 0. The number of nitrogens with zero attached hydrogens (tertiary/aromatic N) is 5. The van der Waals surface area contributed by atoms with Crippen molar-refractivity contribution in [2.75, 3.05) is 23.3 Å². The second-order valence-electron chi connectivity index (χ2n) is 7.23. The van der Waals surface area contributed by atoms with E-state index in [-0.39, 0.29) is 18.0 Å². The minimum Gasteiger partial charge on any atom is -0.355 e. The van der Waals surface area contributed by atoms with Crippen molar-refractivity contribution in [3.63, 3.8) is 0 Å². The molecule has 28 heavy (non-hydrogen) atoms. The van der Waals surface area contributed by atoms with E-state index >= 15 is 0 Å². The van der Waals surface area contributed by atoms with Gasteiger partial charge in [-0.3, -0.25) is 9.59 Å². The molecule has 8 nitrogen and oxygen atoms in total. The van der Waals surface area contributed by atoms with Gasteiger partial charge in [0.1, 0.15) is 25.9 Å². The second-order valence-corrected chi connectivity index (χ2v) is 7.23. The van der Waals surface area contributed by atoms with E-state index in [0.717, 1.165) is 31.7 Å². The largest absolute Gasteiger partial charge is 0.355 e. The van der Waals surface area contributed by atoms with Gasteiger partial charge >= 0.3 is 0 Å². The van der Waals surface area contributed by atoms with Crippen molar-refractivity contribution >= 4 is 36.5 Å². The summed E-state index contributed by atoms with van der Waals surface area (Å²) in [7, 11) is 5.79. The number of hydrogen-bond acceptors (Lipinski definition) is 5. The SMILES string of the molecule is [B]c1cnc2cc(NC(=O)Cn3nc(N4CCC(C)CC4)ccc3=O)ccn12. The zero-order valence-corrected chi connectivity index (χ0v) is 15.7. The fraction of sp³-hybridized carbons (Fsp3) is 0.368. The van der Waals surface area contributed by atoms with E-state index in [1.807, 2.05) is 0 Å². The summed E-state index contributed by atoms with van der Waals surface area (Å²) in [5.74, 6) is 1.10. The Morgan fingerprint density at radius 1 is 1.29 bits per heavy atom. The topological polar surface area (TPSA) is 84.5 Å². The number of carbonyl (C=O) groups excluding carboxylic acids is 1. The van der Waals surface area contributed by atoms with E-state index in [1.165, 1.54) is 10.7 Å². The van der Waals surface area contributed by atoms with Crippen LogP contribution in [0.15, 0.2) is 41.5 Å². The summed E-state index contributed by atoms with van der Waals surface area (Å²) in [6, 6.07) is 6.64. The van der Waals surface area contributed by atoms with Crippen LogP contribution in [0.1, 0.15) is 19.8 Å². The van der Waals surface area contributed by atoms with Crippen LogP contribution in [0.25, 0.3) is 5.65 Å². The number of pyridine rings is 1. The molecular weight excluding hydrogens is 355 g/mol. The molecule has 0 atom stereocenters. The van der Waals surface area contributed by atoms with E-state index < -0.39 is 0 Å². The van der Waals surface area contributed by atoms with E-state index in [4.69, 9.17) is 7.85 Å². The Hall–Kier alpha value is -3.10. The molecule has 1 aliphatic heterocycles. The lowest BCUT2D eigenvalue weighted by Gasteiger charge is -2.31. The van der Waals surface area contributed by atoms with Gasteiger partial charge in [-0.25, -0.2) is 9.67 Å². The fourth-order valence-corrected chi connectivity index (χ4v) is 3.37. The molecule has 0 aromatic carbocycles. The molecule has 3 aromatic rings. The average Bonchev–Trinajstić information content (AvgIpc) is 3.04. The van der Waals surface area contributed by atoms with Crippen molar-refractivity contribution in [1.29, 1.82) is 0 Å². The van der Waals surface area contributed by atoms with Crippen LogP contribution in [0.5, 0.6) is 0 Å². The van der Waals surface area contributed by atoms with Crippen molar-refractivity contribution < 1.29 is 4.79 Å². The lowest BCUT2D eigenvalue weighted by Crippen LogP contribution is -2.36. The first kappa shape index (κ1) is 18.3. The first-order valence-corrected chi connectivity index (χ1v) is 9.35. The summed E-state index contributed by atoms with van der Waals surface area (Å²) < 4.78 is 2.92. The van der Waals surface area contributed by atoms with Gasteiger partial charge in [-0.2, -0.15) is 5.10 Å². The van der Waals surface area contributed by atoms with Crippen molar-refractivity contribution in [1.82, 2.24) is 19.2 Å². The van der Waals surface area contributed by atoms with Gasteiger partial charge in [0.05, 0.1) is 0 Å². The lowest BCUT2D eigenvalue weighted by atomic mass is 9.99. The number of rotatable bonds is 4. The Kier molecular flexibility index (Phi) is 4.89. The molecule has 0 bridgehead atoms. The zero-order valence-electron chi connectivity index (χ0n) is 15.7. The third kappa shape index (κ3) is 3.78. The summed E-state index contributed by atoms with van der Waals surface area (Å²) in [6.07, 6.45) is 5.48. The Morgan fingerprint density at radius 3 is 2.86 bits per heavy atom. The molecule has 1 N–H and O–H groups in total. The molecule has 9 heteroatoms. The van der Waals surface area contributed by atoms with Crippen LogP contribution >= 0.6 is 0 Å². The highest BCUT2D eigenvalue weighted by Gasteiger charge is 2.18. The normalized spacial score (nSPS) is 15.1. The van der Waals surface area contributed by atoms with E-state index in [2.05, 4.69) is 27.2 Å². The van der Waals surface area contributed by atoms with Crippen molar-refractivity contribution in [2.45, 2.75) is 26.3 Å². The van der Waals surface area contributed by atoms with Gasteiger partial charge in [0, 0.05) is 43.3 Å². The maximum atomic E-state index is 12.4. The molecule has 142 valence electrons. The third-order valence-corrected chi connectivity index (χ3v) is 5.08. The maximum Gasteiger partial charge on any atom is 0.267 e. The average molecular weight is 376 g/mol. The molecule has 0 aliphatic carbocycles. The Balaban J connectivity index is 1.47. The minimum absolute atomic E-state index is 0.154. The predicted octanol–water partition coefficient (Wildman–Crippen LogP) is 0.560. The van der Waals surface area contributed by atoms with E-state index in [0.29, 0.717) is 22.8 Å². The first-order chi connectivity index (χ1) is 13.5. The van der Waals surface area contributed by atoms with Crippen LogP contribution in [-0.2, 0) is 11.3 Å². The van der Waals surface area contributed by atoms with Crippen molar-refractivity contribution in [3.05, 3.63) is 47.0 Å². The van der Waals surface area contributed by atoms with Gasteiger partial charge in [-0.05, 0) is 36.5 Å². The van der Waals surface area contributed by atoms with Gasteiger partial charge in [0.25, 0.3) is 5.56 Å². The number of hydrogen-bond donors (Lipinski definition) is 1. The summed E-state index contributed by atoms with van der Waals surface area (Å²) in [6.45, 7) is 3.90. The van der Waals surface area contributed by atoms with Gasteiger partial charge in [0.15, 0.2) is 0 Å². The molecule has 0 spiro atoms. The van der Waals surface area contributed by atoms with Crippen LogP contribution in [0.4, 0.5) is 11.5 Å². The smallest absolute Gasteiger partial charge is 0.267 e. The fourth-order valence-electron chi connectivity index (χ4n) is 3.37. The Morgan fingerprint density at radius 2 is 2.07 bits per heavy atom. The maximum absolute atomic E-state index is 12.4. The number of carbonyl (C=O) groups is 1. The van der Waals surface area contributed by atoms with E-state index in [1.54, 1.807) is 35.0 Å². The molecule has 0 unspecified atom stereocenters. The number of fused-ring (bicyclic) bond motifs is 1. The summed E-state index contributed by atoms with van der Waals surface area (Å²) in [4.78, 5) is 30.9. The standard InChI is InChI=1S/C19H21BN6O2/c1-13-4-7-24(8-5-13)16-2-3-19(28)26(23-16)12-18(27)22-14-6-9-25-15(20)11-21-17(25)10-14/h2-3,6,9-11,13H,4-5,7-8,12H2,1H3,(H,22,27). The number of imidazole rings is 1. The molecule has 3 aromatic heterocycles. The molecule has 4 heterocycles. The minimum atomic E-state index is -0.331. The van der Waals surface area contributed by atoms with Gasteiger partial charge in [0.2, 0.25) is 5.91 Å². The van der Waals surface area contributed by atoms with Crippen LogP contribution in [0, 0.1) is 5.92 Å². The van der Waals surface area contributed by atoms with Gasteiger partial charge in [-0.15, -0.1) is 0 Å². The number of aromatic nitrogens is 4. The number of anilines is 2. The van der Waals surface area contributed by atoms with Crippen molar-refractivity contribution in [3.8, 4) is 0 Å². The predicted molar refractivity (Wildman–Crippen MR) is 108 cm³/mol. The van der Waals surface area contributed by atoms with Crippen LogP contribution in [-0.4, -0.2) is 46.0 Å². The molecule has 2 radical (unpaired) electrons. The lowest BCUT2D eigenvalue weighted by molar-refractivity contribution is -0.117. The quantitative estimate of drug-likeness (QED) is 0.673. The third-order valence-electron chi connectivity index (χ3n) is 5.08. The Labute approximate surface area is 163 Å². The monoisotopic (exact) mass is 376 g/mol. The first-order valence-electron chi connectivity index (χ1n) is 9.35. The molecule has 1 fully saturated rings. The summed E-state index contributed by atoms with van der Waals surface area (Å²) in [5, 5.41) is 7.17. The van der Waals surface area contributed by atoms with Crippen LogP contribution in [0.2, 0.25) is 0 Å². The highest BCUT2D eigenvalue weighted by molar-refractivity contribution is 6.31.